The monoisotopic (exact) mass is 310 g/mol. The molecular formula is C14H18N2O4S. The third kappa shape index (κ3) is 3.66. The molecular weight excluding hydrogens is 292 g/mol. The fraction of sp³-hybridized carbons (Fsp3) is 0.500. The molecule has 1 saturated heterocycles. The molecule has 1 N–H and O–H groups in total. The third-order valence-electron chi connectivity index (χ3n) is 3.61. The maximum atomic E-state index is 11.1. The first-order valence-electron chi connectivity index (χ1n) is 6.71. The number of thioether (sulfide) groups is 1. The molecule has 7 heteroatoms. The van der Waals surface area contributed by atoms with Crippen molar-refractivity contribution in [1.82, 2.24) is 0 Å². The average Bonchev–Trinajstić information content (AvgIpc) is 2.59. The highest BCUT2D eigenvalue weighted by molar-refractivity contribution is 8.00. The molecule has 1 aromatic carbocycles. The summed E-state index contributed by atoms with van der Waals surface area (Å²) in [7, 11) is 0. The van der Waals surface area contributed by atoms with Crippen molar-refractivity contribution in [2.45, 2.75) is 25.0 Å². The molecule has 0 atom stereocenters. The summed E-state index contributed by atoms with van der Waals surface area (Å²) in [5.74, 6) is -0.331. The second-order valence-corrected chi connectivity index (χ2v) is 7.41. The second-order valence-electron chi connectivity index (χ2n) is 5.61. The topological polar surface area (TPSA) is 83.7 Å². The van der Waals surface area contributed by atoms with Gasteiger partial charge in [0.05, 0.1) is 4.92 Å². The van der Waals surface area contributed by atoms with Gasteiger partial charge in [0.1, 0.15) is 5.56 Å². The zero-order chi connectivity index (χ0) is 15.6. The van der Waals surface area contributed by atoms with E-state index in [0.29, 0.717) is 5.69 Å². The van der Waals surface area contributed by atoms with Crippen LogP contribution in [0.3, 0.4) is 0 Å². The van der Waals surface area contributed by atoms with Gasteiger partial charge in [-0.25, -0.2) is 4.79 Å². The Balaban J connectivity index is 2.30. The van der Waals surface area contributed by atoms with Gasteiger partial charge >= 0.3 is 5.97 Å². The SMILES string of the molecule is CC1(C)CCN(c2ccc(C(=O)O)c([N+](=O)[O-])c2)CCS1. The molecule has 0 spiro atoms. The van der Waals surface area contributed by atoms with Gasteiger partial charge < -0.3 is 10.0 Å². The Hall–Kier alpha value is -1.76. The van der Waals surface area contributed by atoms with Crippen molar-refractivity contribution in [1.29, 1.82) is 0 Å². The zero-order valence-electron chi connectivity index (χ0n) is 12.0. The van der Waals surface area contributed by atoms with Crippen molar-refractivity contribution in [2.75, 3.05) is 23.7 Å². The molecule has 0 aliphatic carbocycles. The Kier molecular flexibility index (Phi) is 4.41. The van der Waals surface area contributed by atoms with Crippen LogP contribution in [0.15, 0.2) is 18.2 Å². The first-order valence-corrected chi connectivity index (χ1v) is 7.69. The maximum absolute atomic E-state index is 11.1. The van der Waals surface area contributed by atoms with Gasteiger partial charge in [0, 0.05) is 35.3 Å². The number of rotatable bonds is 3. The first kappa shape index (κ1) is 15.6. The molecule has 0 saturated carbocycles. The minimum Gasteiger partial charge on any atom is -0.477 e. The molecule has 21 heavy (non-hydrogen) atoms. The zero-order valence-corrected chi connectivity index (χ0v) is 12.9. The number of benzene rings is 1. The van der Waals surface area contributed by atoms with Crippen LogP contribution in [0.25, 0.3) is 0 Å². The molecule has 1 fully saturated rings. The fourth-order valence-electron chi connectivity index (χ4n) is 2.33. The van der Waals surface area contributed by atoms with E-state index >= 15 is 0 Å². The van der Waals surface area contributed by atoms with Crippen LogP contribution in [-0.4, -0.2) is 39.6 Å². The lowest BCUT2D eigenvalue weighted by Gasteiger charge is -2.24. The number of aromatic carboxylic acids is 1. The molecule has 0 radical (unpaired) electrons. The number of carboxylic acid groups (broad SMARTS) is 1. The van der Waals surface area contributed by atoms with Crippen LogP contribution in [0.5, 0.6) is 0 Å². The summed E-state index contributed by atoms with van der Waals surface area (Å²) in [5.41, 5.74) is 0.0921. The van der Waals surface area contributed by atoms with Crippen LogP contribution >= 0.6 is 11.8 Å². The van der Waals surface area contributed by atoms with Crippen molar-refractivity contribution in [3.8, 4) is 0 Å². The smallest absolute Gasteiger partial charge is 0.342 e. The molecule has 0 unspecified atom stereocenters. The Morgan fingerprint density at radius 1 is 1.43 bits per heavy atom. The summed E-state index contributed by atoms with van der Waals surface area (Å²) < 4.78 is 0.196. The van der Waals surface area contributed by atoms with Crippen molar-refractivity contribution in [2.24, 2.45) is 0 Å². The molecule has 0 amide bonds. The van der Waals surface area contributed by atoms with E-state index < -0.39 is 10.9 Å². The van der Waals surface area contributed by atoms with Gasteiger partial charge in [-0.15, -0.1) is 0 Å². The number of nitro groups is 1. The predicted octanol–water partition coefficient (Wildman–Crippen LogP) is 3.01. The molecule has 1 heterocycles. The van der Waals surface area contributed by atoms with E-state index in [1.165, 1.54) is 12.1 Å². The van der Waals surface area contributed by atoms with Crippen LogP contribution in [0.2, 0.25) is 0 Å². The summed E-state index contributed by atoms with van der Waals surface area (Å²) in [6.07, 6.45) is 0.978. The molecule has 0 bridgehead atoms. The summed E-state index contributed by atoms with van der Waals surface area (Å²) in [6, 6.07) is 4.34. The van der Waals surface area contributed by atoms with Crippen molar-refractivity contribution in [3.63, 3.8) is 0 Å². The van der Waals surface area contributed by atoms with Crippen LogP contribution in [-0.2, 0) is 0 Å². The molecule has 2 rings (SSSR count). The average molecular weight is 310 g/mol. The summed E-state index contributed by atoms with van der Waals surface area (Å²) in [6.45, 7) is 6.00. The van der Waals surface area contributed by atoms with E-state index in [4.69, 9.17) is 5.11 Å². The summed E-state index contributed by atoms with van der Waals surface area (Å²) >= 11 is 1.89. The lowest BCUT2D eigenvalue weighted by molar-refractivity contribution is -0.385. The molecule has 1 aromatic rings. The number of nitro benzene ring substituents is 1. The minimum absolute atomic E-state index is 0.196. The van der Waals surface area contributed by atoms with Gasteiger partial charge in [-0.3, -0.25) is 10.1 Å². The molecule has 1 aliphatic heterocycles. The Labute approximate surface area is 127 Å². The van der Waals surface area contributed by atoms with Gasteiger partial charge in [-0.1, -0.05) is 13.8 Å². The standard InChI is InChI=1S/C14H18N2O4S/c1-14(2)5-6-15(7-8-21-14)10-3-4-11(13(17)18)12(9-10)16(19)20/h3-4,9H,5-8H2,1-2H3,(H,17,18). The van der Waals surface area contributed by atoms with E-state index in [1.807, 2.05) is 11.8 Å². The Morgan fingerprint density at radius 3 is 2.76 bits per heavy atom. The van der Waals surface area contributed by atoms with E-state index in [1.54, 1.807) is 6.07 Å². The number of hydrogen-bond acceptors (Lipinski definition) is 5. The quantitative estimate of drug-likeness (QED) is 0.682. The third-order valence-corrected chi connectivity index (χ3v) is 4.98. The van der Waals surface area contributed by atoms with Gasteiger partial charge in [-0.05, 0) is 18.6 Å². The highest BCUT2D eigenvalue weighted by Gasteiger charge is 2.26. The lowest BCUT2D eigenvalue weighted by Crippen LogP contribution is -2.27. The predicted molar refractivity (Wildman–Crippen MR) is 83.4 cm³/mol. The number of anilines is 1. The van der Waals surface area contributed by atoms with Crippen LogP contribution < -0.4 is 4.90 Å². The van der Waals surface area contributed by atoms with E-state index in [-0.39, 0.29) is 16.0 Å². The van der Waals surface area contributed by atoms with Crippen molar-refractivity contribution < 1.29 is 14.8 Å². The Bertz CT molecular complexity index is 574. The van der Waals surface area contributed by atoms with E-state index in [2.05, 4.69) is 18.7 Å². The van der Waals surface area contributed by atoms with Crippen molar-refractivity contribution in [3.05, 3.63) is 33.9 Å². The minimum atomic E-state index is -1.28. The highest BCUT2D eigenvalue weighted by Crippen LogP contribution is 2.33. The summed E-state index contributed by atoms with van der Waals surface area (Å²) in [4.78, 5) is 23.5. The van der Waals surface area contributed by atoms with E-state index in [0.717, 1.165) is 25.3 Å². The van der Waals surface area contributed by atoms with Crippen LogP contribution in [0.1, 0.15) is 30.6 Å². The fourth-order valence-corrected chi connectivity index (χ4v) is 3.43. The van der Waals surface area contributed by atoms with Gasteiger partial charge in [0.2, 0.25) is 0 Å². The normalized spacial score (nSPS) is 18.1. The maximum Gasteiger partial charge on any atom is 0.342 e. The van der Waals surface area contributed by atoms with Gasteiger partial charge in [0.25, 0.3) is 5.69 Å². The number of carboxylic acids is 1. The largest absolute Gasteiger partial charge is 0.477 e. The highest BCUT2D eigenvalue weighted by atomic mass is 32.2. The van der Waals surface area contributed by atoms with Crippen LogP contribution in [0.4, 0.5) is 11.4 Å². The van der Waals surface area contributed by atoms with Gasteiger partial charge in [0.15, 0.2) is 0 Å². The number of hydrogen-bond donors (Lipinski definition) is 1. The molecule has 0 aromatic heterocycles. The first-order chi connectivity index (χ1) is 9.80. The van der Waals surface area contributed by atoms with Crippen LogP contribution in [0, 0.1) is 10.1 Å². The molecule has 1 aliphatic rings. The molecule has 114 valence electrons. The molecule has 6 nitrogen and oxygen atoms in total. The lowest BCUT2D eigenvalue weighted by atomic mass is 10.1. The van der Waals surface area contributed by atoms with Gasteiger partial charge in [-0.2, -0.15) is 11.8 Å². The van der Waals surface area contributed by atoms with E-state index in [9.17, 15) is 14.9 Å². The summed E-state index contributed by atoms with van der Waals surface area (Å²) in [5, 5.41) is 20.1. The van der Waals surface area contributed by atoms with Crippen molar-refractivity contribution >= 4 is 29.1 Å². The number of carbonyl (C=O) groups is 1. The second kappa shape index (κ2) is 5.93. The Morgan fingerprint density at radius 2 is 2.14 bits per heavy atom. The number of nitrogens with zero attached hydrogens (tertiary/aromatic N) is 2.